The van der Waals surface area contributed by atoms with Crippen LogP contribution in [0.5, 0.6) is 0 Å². The molecule has 28 heavy (non-hydrogen) atoms. The number of aryl methyl sites for hydroxylation is 1. The zero-order chi connectivity index (χ0) is 19.8. The van der Waals surface area contributed by atoms with Gasteiger partial charge < -0.3 is 14.7 Å². The standard InChI is InChI=1S/C21H31N5O2/c1-16(2)21-24-20(28-25-21)9-7-8-19(27)23-15-17-10-11-18(22-14-17)26-12-5-3-4-6-13-26/h10-11,14,16H,3-9,12-13,15H2,1-2H3,(H,23,27). The lowest BCUT2D eigenvalue weighted by Crippen LogP contribution is -2.25. The predicted octanol–water partition coefficient (Wildman–Crippen LogP) is 3.61. The minimum Gasteiger partial charge on any atom is -0.357 e. The van der Waals surface area contributed by atoms with E-state index in [4.69, 9.17) is 4.52 Å². The first-order valence-electron chi connectivity index (χ1n) is 10.4. The Labute approximate surface area is 166 Å². The number of pyridine rings is 1. The molecule has 152 valence electrons. The highest BCUT2D eigenvalue weighted by atomic mass is 16.5. The van der Waals surface area contributed by atoms with Crippen molar-refractivity contribution in [2.24, 2.45) is 0 Å². The summed E-state index contributed by atoms with van der Waals surface area (Å²) in [6.07, 6.45) is 8.73. The van der Waals surface area contributed by atoms with E-state index in [0.29, 0.717) is 31.7 Å². The Morgan fingerprint density at radius 2 is 2.00 bits per heavy atom. The van der Waals surface area contributed by atoms with Gasteiger partial charge in [-0.15, -0.1) is 0 Å². The van der Waals surface area contributed by atoms with E-state index in [0.717, 1.165) is 30.3 Å². The Morgan fingerprint density at radius 3 is 2.64 bits per heavy atom. The lowest BCUT2D eigenvalue weighted by molar-refractivity contribution is -0.121. The number of hydrogen-bond acceptors (Lipinski definition) is 6. The number of hydrogen-bond donors (Lipinski definition) is 1. The largest absolute Gasteiger partial charge is 0.357 e. The molecule has 1 saturated heterocycles. The Morgan fingerprint density at radius 1 is 1.21 bits per heavy atom. The van der Waals surface area contributed by atoms with Gasteiger partial charge in [0, 0.05) is 44.6 Å². The van der Waals surface area contributed by atoms with Crippen molar-refractivity contribution >= 4 is 11.7 Å². The van der Waals surface area contributed by atoms with Crippen LogP contribution in [0.3, 0.4) is 0 Å². The van der Waals surface area contributed by atoms with Gasteiger partial charge in [0.05, 0.1) is 0 Å². The average molecular weight is 386 g/mol. The van der Waals surface area contributed by atoms with E-state index in [1.54, 1.807) is 0 Å². The highest BCUT2D eigenvalue weighted by Crippen LogP contribution is 2.17. The number of amides is 1. The molecule has 1 fully saturated rings. The average Bonchev–Trinajstić information content (AvgIpc) is 3.01. The van der Waals surface area contributed by atoms with Gasteiger partial charge in [-0.25, -0.2) is 4.98 Å². The Bertz CT molecular complexity index is 734. The van der Waals surface area contributed by atoms with Crippen LogP contribution in [0.2, 0.25) is 0 Å². The summed E-state index contributed by atoms with van der Waals surface area (Å²) in [6, 6.07) is 4.12. The summed E-state index contributed by atoms with van der Waals surface area (Å²) in [5, 5.41) is 6.90. The maximum absolute atomic E-state index is 12.1. The molecule has 0 atom stereocenters. The van der Waals surface area contributed by atoms with E-state index < -0.39 is 0 Å². The maximum atomic E-state index is 12.1. The van der Waals surface area contributed by atoms with Gasteiger partial charge in [0.2, 0.25) is 11.8 Å². The predicted molar refractivity (Wildman–Crippen MR) is 108 cm³/mol. The summed E-state index contributed by atoms with van der Waals surface area (Å²) < 4.78 is 5.20. The van der Waals surface area contributed by atoms with Gasteiger partial charge in [-0.05, 0) is 30.9 Å². The van der Waals surface area contributed by atoms with Crippen molar-refractivity contribution < 1.29 is 9.32 Å². The monoisotopic (exact) mass is 385 g/mol. The molecule has 0 saturated carbocycles. The first kappa shape index (κ1) is 20.3. The summed E-state index contributed by atoms with van der Waals surface area (Å²) in [5.74, 6) is 2.64. The topological polar surface area (TPSA) is 84.2 Å². The molecule has 0 aromatic carbocycles. The van der Waals surface area contributed by atoms with Gasteiger partial charge >= 0.3 is 0 Å². The minimum absolute atomic E-state index is 0.0280. The first-order valence-corrected chi connectivity index (χ1v) is 10.4. The molecule has 0 radical (unpaired) electrons. The molecule has 0 unspecified atom stereocenters. The molecule has 3 rings (SSSR count). The van der Waals surface area contributed by atoms with Crippen molar-refractivity contribution in [2.45, 2.75) is 71.3 Å². The fourth-order valence-electron chi connectivity index (χ4n) is 3.30. The molecule has 1 amide bonds. The Balaban J connectivity index is 1.37. The third-order valence-corrected chi connectivity index (χ3v) is 5.02. The maximum Gasteiger partial charge on any atom is 0.226 e. The Kier molecular flexibility index (Phi) is 7.39. The van der Waals surface area contributed by atoms with Crippen LogP contribution in [-0.2, 0) is 17.8 Å². The number of carbonyl (C=O) groups is 1. The molecule has 7 heteroatoms. The van der Waals surface area contributed by atoms with Gasteiger partial charge in [0.25, 0.3) is 0 Å². The van der Waals surface area contributed by atoms with Crippen LogP contribution in [0.4, 0.5) is 5.82 Å². The fraction of sp³-hybridized carbons (Fsp3) is 0.619. The van der Waals surface area contributed by atoms with Crippen molar-refractivity contribution in [3.8, 4) is 0 Å². The molecular weight excluding hydrogens is 354 g/mol. The van der Waals surface area contributed by atoms with Crippen molar-refractivity contribution in [1.29, 1.82) is 0 Å². The number of carbonyl (C=O) groups excluding carboxylic acids is 1. The molecule has 1 N–H and O–H groups in total. The van der Waals surface area contributed by atoms with Gasteiger partial charge in [-0.1, -0.05) is 37.9 Å². The number of rotatable bonds is 8. The third kappa shape index (κ3) is 6.04. The summed E-state index contributed by atoms with van der Waals surface area (Å²) in [5.41, 5.74) is 1.02. The lowest BCUT2D eigenvalue weighted by Gasteiger charge is -2.21. The van der Waals surface area contributed by atoms with Crippen LogP contribution in [0.15, 0.2) is 22.9 Å². The number of aromatic nitrogens is 3. The first-order chi connectivity index (χ1) is 13.6. The van der Waals surface area contributed by atoms with E-state index in [-0.39, 0.29) is 11.8 Å². The smallest absolute Gasteiger partial charge is 0.226 e. The molecule has 0 bridgehead atoms. The number of nitrogens with one attached hydrogen (secondary N) is 1. The molecule has 0 aliphatic carbocycles. The van der Waals surface area contributed by atoms with Crippen molar-refractivity contribution in [3.63, 3.8) is 0 Å². The van der Waals surface area contributed by atoms with Gasteiger partial charge in [-0.2, -0.15) is 4.98 Å². The van der Waals surface area contributed by atoms with Crippen molar-refractivity contribution in [3.05, 3.63) is 35.6 Å². The van der Waals surface area contributed by atoms with Crippen molar-refractivity contribution in [1.82, 2.24) is 20.4 Å². The summed E-state index contributed by atoms with van der Waals surface area (Å²) in [7, 11) is 0. The van der Waals surface area contributed by atoms with E-state index in [1.807, 2.05) is 20.0 Å². The summed E-state index contributed by atoms with van der Waals surface area (Å²) in [6.45, 7) is 6.72. The molecular formula is C21H31N5O2. The molecule has 1 aliphatic rings. The molecule has 1 aliphatic heterocycles. The Hall–Kier alpha value is -2.44. The highest BCUT2D eigenvalue weighted by Gasteiger charge is 2.12. The second-order valence-electron chi connectivity index (χ2n) is 7.76. The highest BCUT2D eigenvalue weighted by molar-refractivity contribution is 5.75. The number of anilines is 1. The van der Waals surface area contributed by atoms with Crippen LogP contribution in [0.25, 0.3) is 0 Å². The van der Waals surface area contributed by atoms with Crippen LogP contribution in [0, 0.1) is 0 Å². The van der Waals surface area contributed by atoms with Gasteiger partial charge in [0.15, 0.2) is 5.82 Å². The minimum atomic E-state index is 0.0280. The van der Waals surface area contributed by atoms with Gasteiger partial charge in [0.1, 0.15) is 5.82 Å². The molecule has 0 spiro atoms. The van der Waals surface area contributed by atoms with Crippen LogP contribution >= 0.6 is 0 Å². The van der Waals surface area contributed by atoms with E-state index >= 15 is 0 Å². The fourth-order valence-corrected chi connectivity index (χ4v) is 3.30. The molecule has 7 nitrogen and oxygen atoms in total. The van der Waals surface area contributed by atoms with E-state index in [2.05, 4.69) is 37.5 Å². The SMILES string of the molecule is CC(C)c1noc(CCCC(=O)NCc2ccc(N3CCCCCC3)nc2)n1. The number of nitrogens with zero attached hydrogens (tertiary/aromatic N) is 4. The van der Waals surface area contributed by atoms with Crippen LogP contribution in [0.1, 0.15) is 75.6 Å². The van der Waals surface area contributed by atoms with Crippen LogP contribution in [-0.4, -0.2) is 34.1 Å². The molecule has 3 heterocycles. The quantitative estimate of drug-likeness (QED) is 0.747. The van der Waals surface area contributed by atoms with Crippen LogP contribution < -0.4 is 10.2 Å². The molecule has 2 aromatic heterocycles. The van der Waals surface area contributed by atoms with Gasteiger partial charge in [-0.3, -0.25) is 4.79 Å². The third-order valence-electron chi connectivity index (χ3n) is 5.02. The lowest BCUT2D eigenvalue weighted by atomic mass is 10.2. The normalized spacial score (nSPS) is 14.9. The van der Waals surface area contributed by atoms with Crippen molar-refractivity contribution in [2.75, 3.05) is 18.0 Å². The second-order valence-corrected chi connectivity index (χ2v) is 7.76. The van der Waals surface area contributed by atoms with E-state index in [1.165, 1.54) is 25.7 Å². The van der Waals surface area contributed by atoms with E-state index in [9.17, 15) is 4.79 Å². The zero-order valence-corrected chi connectivity index (χ0v) is 17.0. The molecule has 2 aromatic rings. The summed E-state index contributed by atoms with van der Waals surface area (Å²) >= 11 is 0. The second kappa shape index (κ2) is 10.2. The summed E-state index contributed by atoms with van der Waals surface area (Å²) in [4.78, 5) is 23.3. The zero-order valence-electron chi connectivity index (χ0n) is 17.0.